The van der Waals surface area contributed by atoms with Gasteiger partial charge < -0.3 is 5.32 Å². The molecule has 0 spiro atoms. The molecule has 1 N–H and O–H groups in total. The zero-order valence-electron chi connectivity index (χ0n) is 7.30. The number of rotatable bonds is 3. The van der Waals surface area contributed by atoms with Crippen LogP contribution in [0.15, 0.2) is 24.3 Å². The minimum absolute atomic E-state index is 1.00. The fourth-order valence-corrected chi connectivity index (χ4v) is 1.18. The summed E-state index contributed by atoms with van der Waals surface area (Å²) in [6, 6.07) is 10.6. The van der Waals surface area contributed by atoms with Crippen molar-refractivity contribution in [3.8, 4) is 12.5 Å². The molecule has 0 atom stereocenters. The number of nitrogens with one attached hydrogen (secondary N) is 1. The molecule has 0 amide bonds. The molecular formula is C11H13N. The molecule has 62 valence electrons. The number of hydrogen-bond donors (Lipinski definition) is 1. The van der Waals surface area contributed by atoms with Crippen molar-refractivity contribution in [2.75, 3.05) is 5.32 Å². The number of hydrogen-bond acceptors (Lipinski definition) is 1. The second-order valence-corrected chi connectivity index (χ2v) is 2.72. The Hall–Kier alpha value is -1.42. The van der Waals surface area contributed by atoms with E-state index in [1.165, 1.54) is 12.0 Å². The van der Waals surface area contributed by atoms with Crippen molar-refractivity contribution in [3.05, 3.63) is 29.8 Å². The van der Waals surface area contributed by atoms with Gasteiger partial charge >= 0.3 is 0 Å². The summed E-state index contributed by atoms with van der Waals surface area (Å²) in [5.74, 6) is 0. The maximum atomic E-state index is 5.12. The van der Waals surface area contributed by atoms with E-state index in [4.69, 9.17) is 6.42 Å². The number of anilines is 1. The number of benzene rings is 1. The van der Waals surface area contributed by atoms with Crippen LogP contribution < -0.4 is 5.32 Å². The van der Waals surface area contributed by atoms with E-state index in [2.05, 4.69) is 30.4 Å². The van der Waals surface area contributed by atoms with Crippen molar-refractivity contribution in [1.82, 2.24) is 0 Å². The van der Waals surface area contributed by atoms with Gasteiger partial charge in [-0.15, -0.1) is 0 Å². The molecule has 0 aliphatic rings. The van der Waals surface area contributed by atoms with Crippen LogP contribution in [0.3, 0.4) is 0 Å². The Bertz CT molecular complexity index is 283. The Morgan fingerprint density at radius 2 is 2.33 bits per heavy atom. The van der Waals surface area contributed by atoms with Crippen molar-refractivity contribution in [3.63, 3.8) is 0 Å². The molecule has 1 heteroatoms. The second kappa shape index (κ2) is 4.46. The maximum Gasteiger partial charge on any atom is 0.0461 e. The average Bonchev–Trinajstić information content (AvgIpc) is 2.06. The maximum absolute atomic E-state index is 5.12. The van der Waals surface area contributed by atoms with Crippen LogP contribution in [-0.2, 0) is 6.42 Å². The van der Waals surface area contributed by atoms with E-state index in [1.54, 1.807) is 0 Å². The molecule has 1 aromatic carbocycles. The largest absolute Gasteiger partial charge is 0.315 e. The standard InChI is InChI=1S/C11H13N/c1-3-6-10-7-5-8-11(9-10)12-4-2/h2,5,7-9,12H,3,6H2,1H3. The molecule has 0 aliphatic carbocycles. The lowest BCUT2D eigenvalue weighted by atomic mass is 10.1. The Kier molecular flexibility index (Phi) is 3.22. The molecule has 0 heterocycles. The van der Waals surface area contributed by atoms with E-state index in [-0.39, 0.29) is 0 Å². The summed E-state index contributed by atoms with van der Waals surface area (Å²) < 4.78 is 0. The molecule has 0 fully saturated rings. The first-order chi connectivity index (χ1) is 5.86. The highest BCUT2D eigenvalue weighted by molar-refractivity contribution is 5.49. The topological polar surface area (TPSA) is 12.0 Å². The van der Waals surface area contributed by atoms with Gasteiger partial charge in [-0.05, 0) is 24.1 Å². The molecule has 1 nitrogen and oxygen atoms in total. The summed E-state index contributed by atoms with van der Waals surface area (Å²) in [7, 11) is 0. The minimum Gasteiger partial charge on any atom is -0.315 e. The van der Waals surface area contributed by atoms with E-state index in [9.17, 15) is 0 Å². The third-order valence-corrected chi connectivity index (χ3v) is 1.68. The molecule has 1 aromatic rings. The summed E-state index contributed by atoms with van der Waals surface area (Å²) in [6.45, 7) is 2.17. The van der Waals surface area contributed by atoms with Crippen molar-refractivity contribution in [2.45, 2.75) is 19.8 Å². The Morgan fingerprint density at radius 1 is 1.50 bits per heavy atom. The van der Waals surface area contributed by atoms with Crippen LogP contribution in [0.4, 0.5) is 5.69 Å². The predicted molar refractivity (Wildman–Crippen MR) is 52.9 cm³/mol. The first-order valence-corrected chi connectivity index (χ1v) is 4.17. The molecule has 0 bridgehead atoms. The molecule has 0 aromatic heterocycles. The highest BCUT2D eigenvalue weighted by Crippen LogP contribution is 2.11. The van der Waals surface area contributed by atoms with Crippen molar-refractivity contribution >= 4 is 5.69 Å². The Morgan fingerprint density at radius 3 is 3.00 bits per heavy atom. The van der Waals surface area contributed by atoms with Gasteiger partial charge in [-0.3, -0.25) is 0 Å². The SMILES string of the molecule is C#CNc1cccc(CCC)c1. The van der Waals surface area contributed by atoms with E-state index < -0.39 is 0 Å². The summed E-state index contributed by atoms with van der Waals surface area (Å²) in [5, 5.41) is 2.83. The van der Waals surface area contributed by atoms with Crippen LogP contribution in [-0.4, -0.2) is 0 Å². The molecular weight excluding hydrogens is 146 g/mol. The highest BCUT2D eigenvalue weighted by Gasteiger charge is 1.92. The van der Waals surface area contributed by atoms with E-state index in [0.717, 1.165) is 12.1 Å². The third kappa shape index (κ3) is 2.32. The average molecular weight is 159 g/mol. The van der Waals surface area contributed by atoms with Gasteiger partial charge in [0, 0.05) is 11.7 Å². The molecule has 0 aliphatic heterocycles. The fraction of sp³-hybridized carbons (Fsp3) is 0.273. The van der Waals surface area contributed by atoms with Crippen LogP contribution in [0.25, 0.3) is 0 Å². The molecule has 0 radical (unpaired) electrons. The van der Waals surface area contributed by atoms with Crippen molar-refractivity contribution in [2.24, 2.45) is 0 Å². The minimum atomic E-state index is 1.00. The smallest absolute Gasteiger partial charge is 0.0461 e. The fourth-order valence-electron chi connectivity index (χ4n) is 1.18. The van der Waals surface area contributed by atoms with Gasteiger partial charge in [-0.1, -0.05) is 31.9 Å². The van der Waals surface area contributed by atoms with Gasteiger partial charge in [0.05, 0.1) is 0 Å². The number of terminal acetylenes is 1. The molecule has 0 saturated carbocycles. The lowest BCUT2D eigenvalue weighted by molar-refractivity contribution is 0.922. The van der Waals surface area contributed by atoms with Crippen molar-refractivity contribution in [1.29, 1.82) is 0 Å². The molecule has 12 heavy (non-hydrogen) atoms. The molecule has 0 saturated heterocycles. The van der Waals surface area contributed by atoms with Crippen LogP contribution in [0.5, 0.6) is 0 Å². The normalized spacial score (nSPS) is 9.00. The summed E-state index contributed by atoms with van der Waals surface area (Å²) >= 11 is 0. The van der Waals surface area contributed by atoms with Gasteiger partial charge in [-0.25, -0.2) is 0 Å². The monoisotopic (exact) mass is 159 g/mol. The molecule has 0 unspecified atom stereocenters. The predicted octanol–water partition coefficient (Wildman–Crippen LogP) is 2.64. The van der Waals surface area contributed by atoms with Crippen LogP contribution >= 0.6 is 0 Å². The lowest BCUT2D eigenvalue weighted by Gasteiger charge is -2.01. The van der Waals surface area contributed by atoms with Gasteiger partial charge in [0.15, 0.2) is 0 Å². The first-order valence-electron chi connectivity index (χ1n) is 4.17. The summed E-state index contributed by atoms with van der Waals surface area (Å²) in [5.41, 5.74) is 2.33. The van der Waals surface area contributed by atoms with Gasteiger partial charge in [0.25, 0.3) is 0 Å². The molecule has 1 rings (SSSR count). The van der Waals surface area contributed by atoms with Gasteiger partial charge in [-0.2, -0.15) is 0 Å². The van der Waals surface area contributed by atoms with Gasteiger partial charge in [0.1, 0.15) is 0 Å². The summed E-state index contributed by atoms with van der Waals surface area (Å²) in [6.07, 6.45) is 7.40. The highest BCUT2D eigenvalue weighted by atomic mass is 14.8. The van der Waals surface area contributed by atoms with Crippen LogP contribution in [0.2, 0.25) is 0 Å². The van der Waals surface area contributed by atoms with Crippen LogP contribution in [0, 0.1) is 12.5 Å². The number of aryl methyl sites for hydroxylation is 1. The zero-order valence-corrected chi connectivity index (χ0v) is 7.30. The summed E-state index contributed by atoms with van der Waals surface area (Å²) in [4.78, 5) is 0. The Labute approximate surface area is 73.8 Å². The Balaban J connectivity index is 2.75. The zero-order chi connectivity index (χ0) is 8.81. The van der Waals surface area contributed by atoms with Gasteiger partial charge in [0.2, 0.25) is 0 Å². The van der Waals surface area contributed by atoms with E-state index in [1.807, 2.05) is 12.1 Å². The quantitative estimate of drug-likeness (QED) is 0.528. The second-order valence-electron chi connectivity index (χ2n) is 2.72. The van der Waals surface area contributed by atoms with Crippen LogP contribution in [0.1, 0.15) is 18.9 Å². The van der Waals surface area contributed by atoms with E-state index >= 15 is 0 Å². The lowest BCUT2D eigenvalue weighted by Crippen LogP contribution is -1.89. The first kappa shape index (κ1) is 8.67. The van der Waals surface area contributed by atoms with Crippen molar-refractivity contribution < 1.29 is 0 Å². The third-order valence-electron chi connectivity index (χ3n) is 1.68. The van der Waals surface area contributed by atoms with E-state index in [0.29, 0.717) is 0 Å².